The number of hydrogen-bond donors (Lipinski definition) is 3. The number of nitrogens with one attached hydrogen (secondary N) is 1. The lowest BCUT2D eigenvalue weighted by molar-refractivity contribution is 0.0849. The van der Waals surface area contributed by atoms with Crippen molar-refractivity contribution in [3.05, 3.63) is 65.5 Å². The van der Waals surface area contributed by atoms with Crippen LogP contribution in [-0.2, 0) is 6.42 Å². The molecule has 3 N–H and O–H groups in total. The highest BCUT2D eigenvalue weighted by molar-refractivity contribution is 5.96. The Labute approximate surface area is 128 Å². The number of rotatable bonds is 5. The summed E-state index contributed by atoms with van der Waals surface area (Å²) in [6.45, 7) is 1.67. The molecule has 1 amide bonds. The van der Waals surface area contributed by atoms with Gasteiger partial charge in [-0.15, -0.1) is 0 Å². The minimum atomic E-state index is -0.769. The molecule has 0 aliphatic rings. The summed E-state index contributed by atoms with van der Waals surface area (Å²) in [5.74, 6) is -1.61. The molecule has 0 spiro atoms. The van der Waals surface area contributed by atoms with E-state index in [2.05, 4.69) is 5.32 Å². The summed E-state index contributed by atoms with van der Waals surface area (Å²) in [6, 6.07) is 12.1. The third-order valence-corrected chi connectivity index (χ3v) is 3.43. The van der Waals surface area contributed by atoms with Gasteiger partial charge in [0.25, 0.3) is 5.91 Å². The van der Waals surface area contributed by atoms with E-state index in [0.29, 0.717) is 6.42 Å². The first-order valence-electron chi connectivity index (χ1n) is 6.98. The molecule has 4 nitrogen and oxygen atoms in total. The van der Waals surface area contributed by atoms with E-state index in [0.717, 1.165) is 17.7 Å². The van der Waals surface area contributed by atoms with Crippen molar-refractivity contribution in [3.8, 4) is 5.75 Å². The average molecular weight is 303 g/mol. The molecule has 0 bridgehead atoms. The number of carbonyl (C=O) groups is 1. The molecular formula is C17H18FNO3. The predicted octanol–water partition coefficient (Wildman–Crippen LogP) is 2.25. The molecule has 22 heavy (non-hydrogen) atoms. The minimum absolute atomic E-state index is 0.0276. The van der Waals surface area contributed by atoms with E-state index in [1.165, 1.54) is 6.07 Å². The van der Waals surface area contributed by atoms with Crippen LogP contribution in [0.15, 0.2) is 48.5 Å². The van der Waals surface area contributed by atoms with Gasteiger partial charge in [0.05, 0.1) is 17.7 Å². The molecule has 0 saturated heterocycles. The lowest BCUT2D eigenvalue weighted by Crippen LogP contribution is -2.42. The van der Waals surface area contributed by atoms with Crippen molar-refractivity contribution in [1.82, 2.24) is 5.32 Å². The van der Waals surface area contributed by atoms with E-state index in [1.807, 2.05) is 30.3 Å². The molecule has 0 aliphatic carbocycles. The molecule has 0 radical (unpaired) electrons. The summed E-state index contributed by atoms with van der Waals surface area (Å²) in [6.07, 6.45) is -0.369. The highest BCUT2D eigenvalue weighted by Crippen LogP contribution is 2.18. The third kappa shape index (κ3) is 4.05. The second kappa shape index (κ2) is 7.04. The zero-order chi connectivity index (χ0) is 16.1. The lowest BCUT2D eigenvalue weighted by Gasteiger charge is -2.20. The van der Waals surface area contributed by atoms with Crippen molar-refractivity contribution in [1.29, 1.82) is 0 Å². The van der Waals surface area contributed by atoms with Gasteiger partial charge in [0.15, 0.2) is 0 Å². The summed E-state index contributed by atoms with van der Waals surface area (Å²) >= 11 is 0. The van der Waals surface area contributed by atoms with Crippen LogP contribution in [0.3, 0.4) is 0 Å². The molecule has 2 unspecified atom stereocenters. The summed E-state index contributed by atoms with van der Waals surface area (Å²) < 4.78 is 12.9. The molecule has 116 valence electrons. The minimum Gasteiger partial charge on any atom is -0.507 e. The number of hydrogen-bond acceptors (Lipinski definition) is 3. The quantitative estimate of drug-likeness (QED) is 0.793. The Balaban J connectivity index is 1.98. The van der Waals surface area contributed by atoms with Crippen LogP contribution in [0.2, 0.25) is 0 Å². The molecule has 2 rings (SSSR count). The number of benzene rings is 2. The maximum atomic E-state index is 12.9. The Morgan fingerprint density at radius 3 is 2.55 bits per heavy atom. The summed E-state index contributed by atoms with van der Waals surface area (Å²) in [4.78, 5) is 12.0. The van der Waals surface area contributed by atoms with Crippen LogP contribution < -0.4 is 5.32 Å². The van der Waals surface area contributed by atoms with Crippen LogP contribution in [0.25, 0.3) is 0 Å². The standard InChI is InChI=1S/C17H18FNO3/c1-11(15(20)9-12-5-3-2-4-6-12)19-17(22)14-8-7-13(18)10-16(14)21/h2-8,10-11,15,20-21H,9H2,1H3,(H,19,22). The number of aromatic hydroxyl groups is 1. The Kier molecular flexibility index (Phi) is 5.12. The third-order valence-electron chi connectivity index (χ3n) is 3.43. The van der Waals surface area contributed by atoms with Crippen molar-refractivity contribution in [2.45, 2.75) is 25.5 Å². The lowest BCUT2D eigenvalue weighted by atomic mass is 10.0. The van der Waals surface area contributed by atoms with E-state index in [-0.39, 0.29) is 5.56 Å². The second-order valence-electron chi connectivity index (χ2n) is 5.18. The van der Waals surface area contributed by atoms with Gasteiger partial charge >= 0.3 is 0 Å². The van der Waals surface area contributed by atoms with E-state index in [1.54, 1.807) is 6.92 Å². The van der Waals surface area contributed by atoms with Gasteiger partial charge in [0, 0.05) is 12.5 Å². The smallest absolute Gasteiger partial charge is 0.255 e. The van der Waals surface area contributed by atoms with E-state index in [9.17, 15) is 19.4 Å². The summed E-state index contributed by atoms with van der Waals surface area (Å²) in [7, 11) is 0. The zero-order valence-corrected chi connectivity index (χ0v) is 12.2. The number of aliphatic hydroxyl groups excluding tert-OH is 1. The number of carbonyl (C=O) groups excluding carboxylic acids is 1. The summed E-state index contributed by atoms with van der Waals surface area (Å²) in [5, 5.41) is 22.3. The molecule has 2 atom stereocenters. The normalized spacial score (nSPS) is 13.4. The molecule has 5 heteroatoms. The van der Waals surface area contributed by atoms with Crippen LogP contribution in [0.1, 0.15) is 22.8 Å². The van der Waals surface area contributed by atoms with Gasteiger partial charge in [0.1, 0.15) is 11.6 Å². The van der Waals surface area contributed by atoms with Crippen molar-refractivity contribution in [2.75, 3.05) is 0 Å². The monoisotopic (exact) mass is 303 g/mol. The molecule has 2 aromatic rings. The van der Waals surface area contributed by atoms with Crippen molar-refractivity contribution in [3.63, 3.8) is 0 Å². The average Bonchev–Trinajstić information content (AvgIpc) is 2.47. The molecule has 0 aliphatic heterocycles. The maximum Gasteiger partial charge on any atom is 0.255 e. The number of phenolic OH excluding ortho intramolecular Hbond substituents is 1. The number of aliphatic hydroxyl groups is 1. The molecular weight excluding hydrogens is 285 g/mol. The first-order chi connectivity index (χ1) is 10.5. The molecule has 2 aromatic carbocycles. The first-order valence-corrected chi connectivity index (χ1v) is 6.98. The van der Waals surface area contributed by atoms with Crippen LogP contribution in [0.5, 0.6) is 5.75 Å². The fourth-order valence-electron chi connectivity index (χ4n) is 2.11. The fraction of sp³-hybridized carbons (Fsp3) is 0.235. The van der Waals surface area contributed by atoms with Crippen molar-refractivity contribution in [2.24, 2.45) is 0 Å². The zero-order valence-electron chi connectivity index (χ0n) is 12.2. The van der Waals surface area contributed by atoms with Crippen LogP contribution in [-0.4, -0.2) is 28.3 Å². The largest absolute Gasteiger partial charge is 0.507 e. The first kappa shape index (κ1) is 16.0. The molecule has 0 saturated carbocycles. The number of halogens is 1. The number of phenols is 1. The van der Waals surface area contributed by atoms with Gasteiger partial charge < -0.3 is 15.5 Å². The highest BCUT2D eigenvalue weighted by Gasteiger charge is 2.19. The van der Waals surface area contributed by atoms with E-state index < -0.39 is 29.6 Å². The Bertz CT molecular complexity index is 646. The van der Waals surface area contributed by atoms with Crippen LogP contribution in [0, 0.1) is 5.82 Å². The second-order valence-corrected chi connectivity index (χ2v) is 5.18. The molecule has 0 heterocycles. The highest BCUT2D eigenvalue weighted by atomic mass is 19.1. The van der Waals surface area contributed by atoms with Gasteiger partial charge in [-0.2, -0.15) is 0 Å². The van der Waals surface area contributed by atoms with E-state index in [4.69, 9.17) is 0 Å². The van der Waals surface area contributed by atoms with Gasteiger partial charge in [0.2, 0.25) is 0 Å². The topological polar surface area (TPSA) is 69.6 Å². The summed E-state index contributed by atoms with van der Waals surface area (Å²) in [5.41, 5.74) is 0.931. The van der Waals surface area contributed by atoms with Crippen LogP contribution >= 0.6 is 0 Å². The van der Waals surface area contributed by atoms with Crippen molar-refractivity contribution < 1.29 is 19.4 Å². The van der Waals surface area contributed by atoms with Crippen molar-refractivity contribution >= 4 is 5.91 Å². The van der Waals surface area contributed by atoms with Gasteiger partial charge in [-0.3, -0.25) is 4.79 Å². The fourth-order valence-corrected chi connectivity index (χ4v) is 2.11. The molecule has 0 aromatic heterocycles. The van der Waals surface area contributed by atoms with E-state index >= 15 is 0 Å². The Hall–Kier alpha value is -2.40. The SMILES string of the molecule is CC(NC(=O)c1ccc(F)cc1O)C(O)Cc1ccccc1. The molecule has 0 fully saturated rings. The predicted molar refractivity (Wildman–Crippen MR) is 81.1 cm³/mol. The van der Waals surface area contributed by atoms with Crippen LogP contribution in [0.4, 0.5) is 4.39 Å². The number of amides is 1. The van der Waals surface area contributed by atoms with Gasteiger partial charge in [-0.25, -0.2) is 4.39 Å². The maximum absolute atomic E-state index is 12.9. The Morgan fingerprint density at radius 1 is 1.23 bits per heavy atom. The van der Waals surface area contributed by atoms with Gasteiger partial charge in [-0.1, -0.05) is 30.3 Å². The van der Waals surface area contributed by atoms with Gasteiger partial charge in [-0.05, 0) is 24.6 Å². The Morgan fingerprint density at radius 2 is 1.91 bits per heavy atom.